The van der Waals surface area contributed by atoms with Gasteiger partial charge < -0.3 is 10.5 Å². The van der Waals surface area contributed by atoms with E-state index in [2.05, 4.69) is 32.0 Å². The highest BCUT2D eigenvalue weighted by atomic mass is 16.5. The summed E-state index contributed by atoms with van der Waals surface area (Å²) in [6.07, 6.45) is 0. The first kappa shape index (κ1) is 10.2. The fourth-order valence-electron chi connectivity index (χ4n) is 2.42. The Hall–Kier alpha value is -1.96. The van der Waals surface area contributed by atoms with E-state index < -0.39 is 0 Å². The summed E-state index contributed by atoms with van der Waals surface area (Å²) in [4.78, 5) is 0. The van der Waals surface area contributed by atoms with Crippen LogP contribution in [0.5, 0.6) is 5.75 Å². The van der Waals surface area contributed by atoms with Crippen LogP contribution in [0.15, 0.2) is 42.5 Å². The Bertz CT molecular complexity index is 587. The average molecular weight is 225 g/mol. The summed E-state index contributed by atoms with van der Waals surface area (Å²) in [7, 11) is 0. The van der Waals surface area contributed by atoms with Gasteiger partial charge in [0.15, 0.2) is 0 Å². The predicted molar refractivity (Wildman–Crippen MR) is 69.9 cm³/mol. The van der Waals surface area contributed by atoms with Crippen LogP contribution in [0.2, 0.25) is 0 Å². The van der Waals surface area contributed by atoms with E-state index >= 15 is 0 Å². The van der Waals surface area contributed by atoms with Crippen LogP contribution in [0.1, 0.15) is 19.4 Å². The van der Waals surface area contributed by atoms with E-state index in [0.717, 1.165) is 17.0 Å². The third-order valence-corrected chi connectivity index (χ3v) is 3.24. The zero-order valence-corrected chi connectivity index (χ0v) is 10.0. The fourth-order valence-corrected chi connectivity index (χ4v) is 2.42. The first-order valence-electron chi connectivity index (χ1n) is 5.76. The Balaban J connectivity index is 2.31. The molecule has 0 unspecified atom stereocenters. The van der Waals surface area contributed by atoms with E-state index in [1.165, 1.54) is 11.1 Å². The minimum atomic E-state index is -0.308. The van der Waals surface area contributed by atoms with E-state index in [9.17, 15) is 0 Å². The molecule has 0 radical (unpaired) electrons. The second kappa shape index (κ2) is 3.27. The number of nitrogen functional groups attached to an aromatic ring is 1. The quantitative estimate of drug-likeness (QED) is 0.696. The minimum Gasteiger partial charge on any atom is -0.482 e. The van der Waals surface area contributed by atoms with E-state index in [1.807, 2.05) is 24.3 Å². The molecule has 0 fully saturated rings. The van der Waals surface area contributed by atoms with E-state index in [4.69, 9.17) is 10.5 Å². The second-order valence-corrected chi connectivity index (χ2v) is 4.91. The summed E-state index contributed by atoms with van der Waals surface area (Å²) in [5.41, 5.74) is 9.81. The maximum atomic E-state index is 6.05. The van der Waals surface area contributed by atoms with Crippen LogP contribution in [0.3, 0.4) is 0 Å². The summed E-state index contributed by atoms with van der Waals surface area (Å²) in [6, 6.07) is 14.2. The number of hydrogen-bond acceptors (Lipinski definition) is 2. The topological polar surface area (TPSA) is 35.2 Å². The number of nitrogens with two attached hydrogens (primary N) is 1. The standard InChI is InChI=1S/C15H15NO/c1-15(2)13-6-4-3-5-11(13)12-8-7-10(16)9-14(12)17-15/h3-9H,16H2,1-2H3. The highest BCUT2D eigenvalue weighted by molar-refractivity contribution is 5.78. The highest BCUT2D eigenvalue weighted by Gasteiger charge is 2.31. The molecule has 17 heavy (non-hydrogen) atoms. The fraction of sp³-hybridized carbons (Fsp3) is 0.200. The summed E-state index contributed by atoms with van der Waals surface area (Å²) in [6.45, 7) is 4.16. The summed E-state index contributed by atoms with van der Waals surface area (Å²) in [5, 5.41) is 0. The summed E-state index contributed by atoms with van der Waals surface area (Å²) in [5.74, 6) is 0.869. The van der Waals surface area contributed by atoms with Crippen LogP contribution in [0, 0.1) is 0 Å². The lowest BCUT2D eigenvalue weighted by Gasteiger charge is -2.35. The number of fused-ring (bicyclic) bond motifs is 3. The molecule has 2 aromatic carbocycles. The SMILES string of the molecule is CC1(C)Oc2cc(N)ccc2-c2ccccc21. The van der Waals surface area contributed by atoms with Crippen LogP contribution in [-0.2, 0) is 5.60 Å². The van der Waals surface area contributed by atoms with Crippen molar-refractivity contribution in [3.05, 3.63) is 48.0 Å². The van der Waals surface area contributed by atoms with Gasteiger partial charge in [0.05, 0.1) is 0 Å². The van der Waals surface area contributed by atoms with Gasteiger partial charge in [-0.25, -0.2) is 0 Å². The van der Waals surface area contributed by atoms with E-state index in [-0.39, 0.29) is 5.60 Å². The van der Waals surface area contributed by atoms with Crippen molar-refractivity contribution in [2.75, 3.05) is 5.73 Å². The van der Waals surface area contributed by atoms with Gasteiger partial charge in [-0.05, 0) is 31.5 Å². The Morgan fingerprint density at radius 3 is 2.59 bits per heavy atom. The summed E-state index contributed by atoms with van der Waals surface area (Å²) >= 11 is 0. The number of ether oxygens (including phenoxy) is 1. The molecule has 2 N–H and O–H groups in total. The molecule has 0 aliphatic carbocycles. The van der Waals surface area contributed by atoms with Gasteiger partial charge in [0, 0.05) is 22.9 Å². The van der Waals surface area contributed by atoms with E-state index in [1.54, 1.807) is 0 Å². The van der Waals surface area contributed by atoms with Crippen molar-refractivity contribution in [1.82, 2.24) is 0 Å². The molecule has 2 nitrogen and oxygen atoms in total. The second-order valence-electron chi connectivity index (χ2n) is 4.91. The molecule has 86 valence electrons. The smallest absolute Gasteiger partial charge is 0.130 e. The molecule has 1 aliphatic heterocycles. The molecule has 1 aliphatic rings. The zero-order chi connectivity index (χ0) is 12.0. The Morgan fingerprint density at radius 2 is 1.76 bits per heavy atom. The molecule has 3 rings (SSSR count). The molecule has 0 spiro atoms. The highest BCUT2D eigenvalue weighted by Crippen LogP contribution is 2.45. The monoisotopic (exact) mass is 225 g/mol. The number of anilines is 1. The van der Waals surface area contributed by atoms with Crippen molar-refractivity contribution in [3.8, 4) is 16.9 Å². The van der Waals surface area contributed by atoms with Gasteiger partial charge in [-0.15, -0.1) is 0 Å². The van der Waals surface area contributed by atoms with Crippen molar-refractivity contribution in [1.29, 1.82) is 0 Å². The first-order valence-corrected chi connectivity index (χ1v) is 5.76. The van der Waals surface area contributed by atoms with Gasteiger partial charge in [0.2, 0.25) is 0 Å². The van der Waals surface area contributed by atoms with Gasteiger partial charge in [0.25, 0.3) is 0 Å². The number of hydrogen-bond donors (Lipinski definition) is 1. The molecular formula is C15H15NO. The molecule has 0 atom stereocenters. The lowest BCUT2D eigenvalue weighted by Crippen LogP contribution is -2.29. The van der Waals surface area contributed by atoms with Crippen molar-refractivity contribution >= 4 is 5.69 Å². The third kappa shape index (κ3) is 1.48. The maximum absolute atomic E-state index is 6.05. The molecule has 0 saturated carbocycles. The number of rotatable bonds is 0. The van der Waals surface area contributed by atoms with Crippen LogP contribution < -0.4 is 10.5 Å². The van der Waals surface area contributed by atoms with Crippen molar-refractivity contribution in [2.45, 2.75) is 19.4 Å². The van der Waals surface area contributed by atoms with Crippen molar-refractivity contribution < 1.29 is 4.74 Å². The average Bonchev–Trinajstić information content (AvgIpc) is 2.28. The van der Waals surface area contributed by atoms with Crippen LogP contribution >= 0.6 is 0 Å². The molecule has 0 bridgehead atoms. The molecule has 1 heterocycles. The molecule has 0 aromatic heterocycles. The van der Waals surface area contributed by atoms with Crippen LogP contribution in [0.25, 0.3) is 11.1 Å². The van der Waals surface area contributed by atoms with Crippen molar-refractivity contribution in [3.63, 3.8) is 0 Å². The van der Waals surface area contributed by atoms with Gasteiger partial charge in [-0.2, -0.15) is 0 Å². The van der Waals surface area contributed by atoms with Gasteiger partial charge in [-0.3, -0.25) is 0 Å². The van der Waals surface area contributed by atoms with Crippen LogP contribution in [0.4, 0.5) is 5.69 Å². The minimum absolute atomic E-state index is 0.308. The van der Waals surface area contributed by atoms with Crippen molar-refractivity contribution in [2.24, 2.45) is 0 Å². The first-order chi connectivity index (χ1) is 8.08. The zero-order valence-electron chi connectivity index (χ0n) is 10.0. The number of benzene rings is 2. The van der Waals surface area contributed by atoms with Gasteiger partial charge >= 0.3 is 0 Å². The van der Waals surface area contributed by atoms with Gasteiger partial charge in [0.1, 0.15) is 11.4 Å². The molecule has 2 heteroatoms. The normalized spacial score (nSPS) is 15.6. The molecule has 2 aromatic rings. The Kier molecular flexibility index (Phi) is 1.96. The predicted octanol–water partition coefficient (Wildman–Crippen LogP) is 3.56. The maximum Gasteiger partial charge on any atom is 0.130 e. The van der Waals surface area contributed by atoms with E-state index in [0.29, 0.717) is 0 Å². The largest absolute Gasteiger partial charge is 0.482 e. The lowest BCUT2D eigenvalue weighted by atomic mass is 9.86. The summed E-state index contributed by atoms with van der Waals surface area (Å²) < 4.78 is 6.05. The van der Waals surface area contributed by atoms with Crippen LogP contribution in [-0.4, -0.2) is 0 Å². The molecule has 0 amide bonds. The molecule has 0 saturated heterocycles. The van der Waals surface area contributed by atoms with Gasteiger partial charge in [-0.1, -0.05) is 24.3 Å². The third-order valence-electron chi connectivity index (χ3n) is 3.24. The Morgan fingerprint density at radius 1 is 1.00 bits per heavy atom. The molecular weight excluding hydrogens is 210 g/mol. The Labute approximate surface area is 101 Å². The lowest BCUT2D eigenvalue weighted by molar-refractivity contribution is 0.106.